The van der Waals surface area contributed by atoms with Gasteiger partial charge in [0.25, 0.3) is 0 Å². The second-order valence-corrected chi connectivity index (χ2v) is 5.16. The topological polar surface area (TPSA) is 21.3 Å². The highest BCUT2D eigenvalue weighted by molar-refractivity contribution is 7.07. The first kappa shape index (κ1) is 14.7. The number of hydrogen-bond acceptors (Lipinski definition) is 3. The first-order valence-electron chi connectivity index (χ1n) is 6.54. The number of thiophene rings is 1. The summed E-state index contributed by atoms with van der Waals surface area (Å²) < 4.78 is 6.07. The summed E-state index contributed by atoms with van der Waals surface area (Å²) in [5, 5.41) is 7.82. The summed E-state index contributed by atoms with van der Waals surface area (Å²) in [5.41, 5.74) is 1.37. The highest BCUT2D eigenvalue weighted by Gasteiger charge is 2.35. The molecule has 0 saturated carbocycles. The van der Waals surface area contributed by atoms with Gasteiger partial charge in [0.15, 0.2) is 0 Å². The van der Waals surface area contributed by atoms with Gasteiger partial charge >= 0.3 is 0 Å². The van der Waals surface area contributed by atoms with Crippen LogP contribution in [0.1, 0.15) is 39.2 Å². The van der Waals surface area contributed by atoms with E-state index in [2.05, 4.69) is 42.9 Å². The molecule has 2 nitrogen and oxygen atoms in total. The average molecular weight is 255 g/mol. The normalized spacial score (nSPS) is 13.9. The maximum absolute atomic E-state index is 6.07. The van der Waals surface area contributed by atoms with Gasteiger partial charge in [0, 0.05) is 12.6 Å². The quantitative estimate of drug-likeness (QED) is 0.768. The summed E-state index contributed by atoms with van der Waals surface area (Å²) in [4.78, 5) is 0. The van der Waals surface area contributed by atoms with Crippen LogP contribution in [0, 0.1) is 0 Å². The average Bonchev–Trinajstić information content (AvgIpc) is 2.86. The highest BCUT2D eigenvalue weighted by atomic mass is 32.1. The molecule has 0 radical (unpaired) electrons. The van der Waals surface area contributed by atoms with Crippen molar-refractivity contribution in [1.82, 2.24) is 5.32 Å². The molecule has 0 spiro atoms. The zero-order chi connectivity index (χ0) is 12.7. The molecule has 1 atom stereocenters. The van der Waals surface area contributed by atoms with E-state index < -0.39 is 0 Å². The van der Waals surface area contributed by atoms with Crippen LogP contribution < -0.4 is 5.32 Å². The third-order valence-corrected chi connectivity index (χ3v) is 4.36. The Hall–Kier alpha value is -0.380. The molecule has 98 valence electrons. The maximum atomic E-state index is 6.07. The molecule has 0 aliphatic carbocycles. The molecular formula is C14H25NOS. The molecule has 1 N–H and O–H groups in total. The fourth-order valence-electron chi connectivity index (χ4n) is 2.53. The van der Waals surface area contributed by atoms with Crippen molar-refractivity contribution in [1.29, 1.82) is 0 Å². The Kier molecular flexibility index (Phi) is 6.17. The molecule has 0 aliphatic rings. The number of nitrogens with one attached hydrogen (secondary N) is 1. The van der Waals surface area contributed by atoms with E-state index in [0.717, 1.165) is 25.9 Å². The molecule has 0 aliphatic heterocycles. The van der Waals surface area contributed by atoms with Crippen LogP contribution in [0.4, 0.5) is 0 Å². The van der Waals surface area contributed by atoms with Gasteiger partial charge in [-0.1, -0.05) is 13.8 Å². The van der Waals surface area contributed by atoms with E-state index in [-0.39, 0.29) is 5.60 Å². The summed E-state index contributed by atoms with van der Waals surface area (Å²) in [7, 11) is 2.04. The zero-order valence-corrected chi connectivity index (χ0v) is 12.3. The van der Waals surface area contributed by atoms with Crippen LogP contribution >= 0.6 is 11.3 Å². The van der Waals surface area contributed by atoms with Crippen molar-refractivity contribution in [2.24, 2.45) is 0 Å². The summed E-state index contributed by atoms with van der Waals surface area (Å²) >= 11 is 1.76. The first-order chi connectivity index (χ1) is 8.22. The van der Waals surface area contributed by atoms with Crippen LogP contribution in [-0.4, -0.2) is 25.3 Å². The maximum Gasteiger partial charge on any atom is 0.0832 e. The molecule has 1 aromatic rings. The largest absolute Gasteiger partial charge is 0.374 e. The molecule has 1 aromatic heterocycles. The first-order valence-corrected chi connectivity index (χ1v) is 7.49. The van der Waals surface area contributed by atoms with Crippen molar-refractivity contribution < 1.29 is 4.74 Å². The van der Waals surface area contributed by atoms with E-state index in [1.807, 2.05) is 7.05 Å². The fraction of sp³-hybridized carbons (Fsp3) is 0.714. The minimum atomic E-state index is -0.0363. The summed E-state index contributed by atoms with van der Waals surface area (Å²) in [6.07, 6.45) is 3.14. The van der Waals surface area contributed by atoms with E-state index in [9.17, 15) is 0 Å². The van der Waals surface area contributed by atoms with Crippen LogP contribution in [-0.2, 0) is 11.2 Å². The second-order valence-electron chi connectivity index (χ2n) is 4.38. The zero-order valence-electron chi connectivity index (χ0n) is 11.5. The van der Waals surface area contributed by atoms with Crippen LogP contribution in [0.2, 0.25) is 0 Å². The number of likely N-dealkylation sites (N-methyl/N-ethyl adjacent to an activating group) is 1. The molecule has 1 rings (SSSR count). The molecule has 0 aromatic carbocycles. The lowest BCUT2D eigenvalue weighted by Gasteiger charge is -2.39. The van der Waals surface area contributed by atoms with Crippen molar-refractivity contribution in [2.45, 2.75) is 51.7 Å². The monoisotopic (exact) mass is 255 g/mol. The standard InChI is InChI=1S/C14H25NOS/c1-5-14(6-2,16-7-3)13(15-4)10-12-8-9-17-11-12/h8-9,11,13,15H,5-7,10H2,1-4H3. The van der Waals surface area contributed by atoms with Crippen LogP contribution in [0.25, 0.3) is 0 Å². The summed E-state index contributed by atoms with van der Waals surface area (Å²) in [5.74, 6) is 0. The van der Waals surface area contributed by atoms with Gasteiger partial charge in [-0.15, -0.1) is 0 Å². The lowest BCUT2D eigenvalue weighted by atomic mass is 9.85. The molecule has 0 amide bonds. The molecule has 0 saturated heterocycles. The molecule has 1 heterocycles. The van der Waals surface area contributed by atoms with Crippen molar-refractivity contribution in [3.8, 4) is 0 Å². The van der Waals surface area contributed by atoms with Crippen LogP contribution in [0.3, 0.4) is 0 Å². The molecule has 1 unspecified atom stereocenters. The van der Waals surface area contributed by atoms with E-state index >= 15 is 0 Å². The van der Waals surface area contributed by atoms with Crippen molar-refractivity contribution in [3.05, 3.63) is 22.4 Å². The number of rotatable bonds is 8. The number of ether oxygens (including phenoxy) is 1. The molecule has 0 bridgehead atoms. The third-order valence-electron chi connectivity index (χ3n) is 3.63. The predicted molar refractivity (Wildman–Crippen MR) is 75.8 cm³/mol. The van der Waals surface area contributed by atoms with Crippen molar-refractivity contribution in [3.63, 3.8) is 0 Å². The summed E-state index contributed by atoms with van der Waals surface area (Å²) in [6.45, 7) is 7.30. The van der Waals surface area contributed by atoms with Gasteiger partial charge in [0.1, 0.15) is 0 Å². The second kappa shape index (κ2) is 7.14. The third kappa shape index (κ3) is 3.54. The predicted octanol–water partition coefficient (Wildman–Crippen LogP) is 3.47. The van der Waals surface area contributed by atoms with Crippen molar-refractivity contribution in [2.75, 3.05) is 13.7 Å². The van der Waals surface area contributed by atoms with Crippen LogP contribution in [0.15, 0.2) is 16.8 Å². The molecular weight excluding hydrogens is 230 g/mol. The summed E-state index contributed by atoms with van der Waals surface area (Å²) in [6, 6.07) is 2.59. The van der Waals surface area contributed by atoms with Crippen molar-refractivity contribution >= 4 is 11.3 Å². The minimum Gasteiger partial charge on any atom is -0.374 e. The Morgan fingerprint density at radius 2 is 2.06 bits per heavy atom. The van der Waals surface area contributed by atoms with E-state index in [1.165, 1.54) is 5.56 Å². The Morgan fingerprint density at radius 3 is 2.47 bits per heavy atom. The Bertz CT molecular complexity index is 293. The van der Waals surface area contributed by atoms with Gasteiger partial charge in [0.2, 0.25) is 0 Å². The Balaban J connectivity index is 2.80. The van der Waals surface area contributed by atoms with E-state index in [4.69, 9.17) is 4.74 Å². The lowest BCUT2D eigenvalue weighted by Crippen LogP contribution is -2.52. The van der Waals surface area contributed by atoms with Gasteiger partial charge in [-0.2, -0.15) is 11.3 Å². The van der Waals surface area contributed by atoms with Gasteiger partial charge in [-0.3, -0.25) is 0 Å². The Morgan fingerprint density at radius 1 is 1.35 bits per heavy atom. The van der Waals surface area contributed by atoms with Crippen LogP contribution in [0.5, 0.6) is 0 Å². The Labute approximate surface area is 109 Å². The highest BCUT2D eigenvalue weighted by Crippen LogP contribution is 2.27. The fourth-order valence-corrected chi connectivity index (χ4v) is 3.21. The van der Waals surface area contributed by atoms with Gasteiger partial charge in [-0.05, 0) is 55.6 Å². The molecule has 0 fully saturated rings. The molecule has 17 heavy (non-hydrogen) atoms. The van der Waals surface area contributed by atoms with E-state index in [1.54, 1.807) is 11.3 Å². The van der Waals surface area contributed by atoms with Gasteiger partial charge < -0.3 is 10.1 Å². The number of hydrogen-bond donors (Lipinski definition) is 1. The minimum absolute atomic E-state index is 0.0363. The van der Waals surface area contributed by atoms with Gasteiger partial charge in [-0.25, -0.2) is 0 Å². The van der Waals surface area contributed by atoms with E-state index in [0.29, 0.717) is 6.04 Å². The SMILES string of the molecule is CCOC(CC)(CC)C(Cc1ccsc1)NC. The molecule has 3 heteroatoms. The lowest BCUT2D eigenvalue weighted by molar-refractivity contribution is -0.0703. The smallest absolute Gasteiger partial charge is 0.0832 e. The van der Waals surface area contributed by atoms with Gasteiger partial charge in [0.05, 0.1) is 5.60 Å².